The fraction of sp³-hybridized carbons (Fsp3) is 0.688. The van der Waals surface area contributed by atoms with Gasteiger partial charge in [0.05, 0.1) is 12.3 Å². The molecule has 116 valence electrons. The third-order valence-electron chi connectivity index (χ3n) is 4.61. The van der Waals surface area contributed by atoms with Gasteiger partial charge in [-0.25, -0.2) is 4.98 Å². The van der Waals surface area contributed by atoms with Gasteiger partial charge in [0.1, 0.15) is 6.17 Å². The third kappa shape index (κ3) is 3.14. The largest absolute Gasteiger partial charge is 0.380 e. The first kappa shape index (κ1) is 14.6. The Hall–Kier alpha value is -1.33. The number of rotatable bonds is 5. The molecule has 0 aromatic carbocycles. The first-order chi connectivity index (χ1) is 10.3. The highest BCUT2D eigenvalue weighted by atomic mass is 16.5. The van der Waals surface area contributed by atoms with Crippen molar-refractivity contribution in [2.45, 2.75) is 25.9 Å². The Kier molecular flexibility index (Phi) is 4.60. The SMILES string of the molecule is CCOCCN1c2cccnc2NC1C1CCN(C)CC1. The Balaban J connectivity index is 1.73. The maximum Gasteiger partial charge on any atom is 0.151 e. The van der Waals surface area contributed by atoms with E-state index in [-0.39, 0.29) is 0 Å². The number of pyridine rings is 1. The van der Waals surface area contributed by atoms with Crippen LogP contribution in [0.15, 0.2) is 18.3 Å². The minimum atomic E-state index is 0.365. The van der Waals surface area contributed by atoms with Crippen LogP contribution in [0, 0.1) is 5.92 Å². The van der Waals surface area contributed by atoms with Crippen molar-refractivity contribution in [2.75, 3.05) is 50.1 Å². The summed E-state index contributed by atoms with van der Waals surface area (Å²) in [4.78, 5) is 9.36. The summed E-state index contributed by atoms with van der Waals surface area (Å²) in [5, 5.41) is 3.64. The predicted molar refractivity (Wildman–Crippen MR) is 85.7 cm³/mol. The van der Waals surface area contributed by atoms with Crippen molar-refractivity contribution in [2.24, 2.45) is 5.92 Å². The van der Waals surface area contributed by atoms with Gasteiger partial charge in [-0.1, -0.05) is 0 Å². The molecule has 5 nitrogen and oxygen atoms in total. The number of nitrogens with one attached hydrogen (secondary N) is 1. The van der Waals surface area contributed by atoms with E-state index in [0.717, 1.165) is 25.6 Å². The van der Waals surface area contributed by atoms with Gasteiger partial charge < -0.3 is 19.9 Å². The van der Waals surface area contributed by atoms with Crippen LogP contribution in [0.2, 0.25) is 0 Å². The molecule has 0 spiro atoms. The van der Waals surface area contributed by atoms with Crippen molar-refractivity contribution in [1.29, 1.82) is 0 Å². The molecule has 3 heterocycles. The minimum absolute atomic E-state index is 0.365. The molecule has 1 N–H and O–H groups in total. The number of fused-ring (bicyclic) bond motifs is 1. The molecular formula is C16H26N4O. The van der Waals surface area contributed by atoms with E-state index in [1.807, 2.05) is 19.2 Å². The Bertz CT molecular complexity index is 459. The quantitative estimate of drug-likeness (QED) is 0.840. The maximum atomic E-state index is 5.57. The van der Waals surface area contributed by atoms with E-state index in [0.29, 0.717) is 12.1 Å². The van der Waals surface area contributed by atoms with Crippen LogP contribution in [0.3, 0.4) is 0 Å². The number of hydrogen-bond donors (Lipinski definition) is 1. The Labute approximate surface area is 127 Å². The summed E-state index contributed by atoms with van der Waals surface area (Å²) in [6.07, 6.45) is 4.72. The van der Waals surface area contributed by atoms with Gasteiger partial charge in [-0.2, -0.15) is 0 Å². The van der Waals surface area contributed by atoms with E-state index in [4.69, 9.17) is 4.74 Å². The molecule has 1 unspecified atom stereocenters. The van der Waals surface area contributed by atoms with E-state index in [1.54, 1.807) is 0 Å². The fourth-order valence-electron chi connectivity index (χ4n) is 3.39. The van der Waals surface area contributed by atoms with E-state index >= 15 is 0 Å². The van der Waals surface area contributed by atoms with Crippen LogP contribution in [-0.2, 0) is 4.74 Å². The van der Waals surface area contributed by atoms with Gasteiger partial charge in [0.25, 0.3) is 0 Å². The van der Waals surface area contributed by atoms with Gasteiger partial charge in [-0.15, -0.1) is 0 Å². The highest BCUT2D eigenvalue weighted by molar-refractivity contribution is 5.72. The van der Waals surface area contributed by atoms with E-state index in [1.165, 1.54) is 31.6 Å². The highest BCUT2D eigenvalue weighted by Gasteiger charge is 2.36. The van der Waals surface area contributed by atoms with Gasteiger partial charge in [-0.05, 0) is 52.0 Å². The van der Waals surface area contributed by atoms with E-state index in [9.17, 15) is 0 Å². The molecule has 21 heavy (non-hydrogen) atoms. The van der Waals surface area contributed by atoms with Crippen LogP contribution in [-0.4, -0.2) is 55.9 Å². The highest BCUT2D eigenvalue weighted by Crippen LogP contribution is 2.37. The summed E-state index contributed by atoms with van der Waals surface area (Å²) < 4.78 is 5.57. The van der Waals surface area contributed by atoms with Gasteiger partial charge >= 0.3 is 0 Å². The van der Waals surface area contributed by atoms with Crippen LogP contribution in [0.25, 0.3) is 0 Å². The summed E-state index contributed by atoms with van der Waals surface area (Å²) in [6, 6.07) is 4.18. The Morgan fingerprint density at radius 3 is 2.95 bits per heavy atom. The molecule has 1 aromatic rings. The zero-order valence-corrected chi connectivity index (χ0v) is 13.1. The molecular weight excluding hydrogens is 264 g/mol. The van der Waals surface area contributed by atoms with Crippen LogP contribution in [0.1, 0.15) is 19.8 Å². The number of likely N-dealkylation sites (tertiary alicyclic amines) is 1. The van der Waals surface area contributed by atoms with Gasteiger partial charge in [0.2, 0.25) is 0 Å². The lowest BCUT2D eigenvalue weighted by Gasteiger charge is -2.37. The van der Waals surface area contributed by atoms with Crippen molar-refractivity contribution >= 4 is 11.5 Å². The third-order valence-corrected chi connectivity index (χ3v) is 4.61. The molecule has 2 aliphatic rings. The number of hydrogen-bond acceptors (Lipinski definition) is 5. The first-order valence-corrected chi connectivity index (χ1v) is 8.04. The molecule has 1 aromatic heterocycles. The normalized spacial score (nSPS) is 23.1. The second kappa shape index (κ2) is 6.62. The molecule has 5 heteroatoms. The van der Waals surface area contributed by atoms with Crippen LogP contribution < -0.4 is 10.2 Å². The number of aromatic nitrogens is 1. The number of piperidine rings is 1. The molecule has 1 saturated heterocycles. The number of anilines is 2. The molecule has 0 saturated carbocycles. The van der Waals surface area contributed by atoms with Crippen LogP contribution >= 0.6 is 0 Å². The van der Waals surface area contributed by atoms with Crippen LogP contribution in [0.4, 0.5) is 11.5 Å². The monoisotopic (exact) mass is 290 g/mol. The summed E-state index contributed by atoms with van der Waals surface area (Å²) in [7, 11) is 2.21. The Morgan fingerprint density at radius 2 is 2.19 bits per heavy atom. The molecule has 0 amide bonds. The zero-order valence-electron chi connectivity index (χ0n) is 13.1. The summed E-state index contributed by atoms with van der Waals surface area (Å²) >= 11 is 0. The van der Waals surface area contributed by atoms with E-state index < -0.39 is 0 Å². The first-order valence-electron chi connectivity index (χ1n) is 8.04. The molecule has 1 fully saturated rings. The average molecular weight is 290 g/mol. The van der Waals surface area contributed by atoms with E-state index in [2.05, 4.69) is 33.2 Å². The fourth-order valence-corrected chi connectivity index (χ4v) is 3.39. The molecule has 0 aliphatic carbocycles. The van der Waals surface area contributed by atoms with Crippen molar-refractivity contribution in [3.63, 3.8) is 0 Å². The van der Waals surface area contributed by atoms with Gasteiger partial charge in [-0.3, -0.25) is 0 Å². The smallest absolute Gasteiger partial charge is 0.151 e. The maximum absolute atomic E-state index is 5.57. The number of nitrogens with zero attached hydrogens (tertiary/aromatic N) is 3. The molecule has 0 bridgehead atoms. The summed E-state index contributed by atoms with van der Waals surface area (Å²) in [5.41, 5.74) is 1.22. The number of ether oxygens (including phenoxy) is 1. The van der Waals surface area contributed by atoms with Crippen LogP contribution in [0.5, 0.6) is 0 Å². The van der Waals surface area contributed by atoms with Crippen molar-refractivity contribution in [1.82, 2.24) is 9.88 Å². The predicted octanol–water partition coefficient (Wildman–Crippen LogP) is 2.02. The van der Waals surface area contributed by atoms with Gasteiger partial charge in [0.15, 0.2) is 5.82 Å². The second-order valence-electron chi connectivity index (χ2n) is 5.99. The summed E-state index contributed by atoms with van der Waals surface area (Å²) in [6.45, 7) is 6.90. The minimum Gasteiger partial charge on any atom is -0.380 e. The van der Waals surface area contributed by atoms with Crippen molar-refractivity contribution in [3.05, 3.63) is 18.3 Å². The topological polar surface area (TPSA) is 40.6 Å². The zero-order chi connectivity index (χ0) is 14.7. The second-order valence-corrected chi connectivity index (χ2v) is 5.99. The lowest BCUT2D eigenvalue weighted by atomic mass is 9.93. The molecule has 1 atom stereocenters. The lowest BCUT2D eigenvalue weighted by Crippen LogP contribution is -2.47. The van der Waals surface area contributed by atoms with Gasteiger partial charge in [0, 0.05) is 25.3 Å². The molecule has 0 radical (unpaired) electrons. The van der Waals surface area contributed by atoms with Crippen molar-refractivity contribution in [3.8, 4) is 0 Å². The lowest BCUT2D eigenvalue weighted by molar-refractivity contribution is 0.148. The van der Waals surface area contributed by atoms with Crippen molar-refractivity contribution < 1.29 is 4.74 Å². The summed E-state index contributed by atoms with van der Waals surface area (Å²) in [5.74, 6) is 1.70. The molecule has 3 rings (SSSR count). The Morgan fingerprint density at radius 1 is 1.38 bits per heavy atom. The average Bonchev–Trinajstić information content (AvgIpc) is 2.87. The molecule has 2 aliphatic heterocycles. The standard InChI is InChI=1S/C16H26N4O/c1-3-21-12-11-20-14-5-4-8-17-15(14)18-16(20)13-6-9-19(2)10-7-13/h4-5,8,13,16H,3,6-7,9-12H2,1-2H3,(H,17,18).